The highest BCUT2D eigenvalue weighted by molar-refractivity contribution is 5.90. The van der Waals surface area contributed by atoms with Crippen molar-refractivity contribution in [3.8, 4) is 5.75 Å². The minimum atomic E-state index is -0.114. The Morgan fingerprint density at radius 3 is 3.05 bits per heavy atom. The molecule has 2 aliphatic rings. The number of fused-ring (bicyclic) bond motifs is 1. The number of nitrogens with one attached hydrogen (secondary N) is 2. The maximum atomic E-state index is 11.8. The first kappa shape index (κ1) is 16.5. The molecular formula is C16H20ClN3O2. The molecule has 0 saturated carbocycles. The molecule has 1 fully saturated rings. The first-order valence-corrected chi connectivity index (χ1v) is 7.27. The van der Waals surface area contributed by atoms with Crippen LogP contribution >= 0.6 is 12.4 Å². The van der Waals surface area contributed by atoms with Crippen LogP contribution in [0.25, 0.3) is 6.08 Å². The average Bonchev–Trinajstić information content (AvgIpc) is 3.02. The van der Waals surface area contributed by atoms with Crippen molar-refractivity contribution in [1.82, 2.24) is 10.7 Å². The second-order valence-corrected chi connectivity index (χ2v) is 5.33. The van der Waals surface area contributed by atoms with E-state index in [0.29, 0.717) is 0 Å². The van der Waals surface area contributed by atoms with Crippen LogP contribution in [0.5, 0.6) is 5.75 Å². The van der Waals surface area contributed by atoms with Gasteiger partial charge in [0.15, 0.2) is 0 Å². The number of carbonyl (C=O) groups is 1. The molecule has 0 radical (unpaired) electrons. The van der Waals surface area contributed by atoms with E-state index in [1.165, 1.54) is 0 Å². The van der Waals surface area contributed by atoms with E-state index in [0.717, 1.165) is 36.3 Å². The third-order valence-electron chi connectivity index (χ3n) is 3.78. The van der Waals surface area contributed by atoms with Crippen LogP contribution < -0.4 is 15.5 Å². The summed E-state index contributed by atoms with van der Waals surface area (Å²) < 4.78 is 5.82. The van der Waals surface area contributed by atoms with E-state index in [4.69, 9.17) is 4.74 Å². The highest BCUT2D eigenvalue weighted by Crippen LogP contribution is 2.28. The standard InChI is InChI=1S/C16H19N3O2.ClH/c1-11-13(9-12-5-2-3-7-15(12)21-11)10-18-19-16(20)14-6-4-8-17-14;/h2-3,5,7,9-11,14,17H,4,6,8H2,1H3,(H,19,20);1H. The van der Waals surface area contributed by atoms with Gasteiger partial charge in [-0.15, -0.1) is 12.4 Å². The quantitative estimate of drug-likeness (QED) is 0.662. The van der Waals surface area contributed by atoms with Gasteiger partial charge in [-0.25, -0.2) is 5.43 Å². The van der Waals surface area contributed by atoms with Gasteiger partial charge in [0.25, 0.3) is 5.91 Å². The van der Waals surface area contributed by atoms with Gasteiger partial charge in [-0.05, 0) is 38.5 Å². The number of carbonyl (C=O) groups excluding carboxylic acids is 1. The molecule has 0 aliphatic carbocycles. The molecule has 1 aromatic carbocycles. The smallest absolute Gasteiger partial charge is 0.257 e. The minimum absolute atomic E-state index is 0. The van der Waals surface area contributed by atoms with Crippen LogP contribution in [0.2, 0.25) is 0 Å². The molecule has 6 heteroatoms. The molecule has 2 N–H and O–H groups in total. The third kappa shape index (κ3) is 3.67. The van der Waals surface area contributed by atoms with Gasteiger partial charge in [-0.2, -0.15) is 5.10 Å². The zero-order valence-corrected chi connectivity index (χ0v) is 13.2. The SMILES string of the molecule is CC1Oc2ccccc2C=C1C=NNC(=O)C1CCCN1.Cl. The fraction of sp³-hybridized carbons (Fsp3) is 0.375. The van der Waals surface area contributed by atoms with Crippen LogP contribution in [-0.2, 0) is 4.79 Å². The van der Waals surface area contributed by atoms with Gasteiger partial charge in [-0.1, -0.05) is 18.2 Å². The molecule has 1 aromatic rings. The topological polar surface area (TPSA) is 62.7 Å². The van der Waals surface area contributed by atoms with E-state index in [1.807, 2.05) is 37.3 Å². The van der Waals surface area contributed by atoms with Crippen LogP contribution in [0.1, 0.15) is 25.3 Å². The van der Waals surface area contributed by atoms with Crippen molar-refractivity contribution in [2.24, 2.45) is 5.10 Å². The molecule has 2 aliphatic heterocycles. The summed E-state index contributed by atoms with van der Waals surface area (Å²) in [6.07, 6.45) is 5.52. The number of hydrogen-bond acceptors (Lipinski definition) is 4. The lowest BCUT2D eigenvalue weighted by Gasteiger charge is -2.22. The van der Waals surface area contributed by atoms with E-state index < -0.39 is 0 Å². The number of rotatable bonds is 3. The van der Waals surface area contributed by atoms with E-state index in [9.17, 15) is 4.79 Å². The van der Waals surface area contributed by atoms with Gasteiger partial charge >= 0.3 is 0 Å². The summed E-state index contributed by atoms with van der Waals surface area (Å²) in [4.78, 5) is 11.8. The van der Waals surface area contributed by atoms with Crippen molar-refractivity contribution in [1.29, 1.82) is 0 Å². The molecular weight excluding hydrogens is 302 g/mol. The molecule has 2 heterocycles. The monoisotopic (exact) mass is 321 g/mol. The van der Waals surface area contributed by atoms with Crippen LogP contribution in [0.3, 0.4) is 0 Å². The molecule has 1 saturated heterocycles. The Hall–Kier alpha value is -1.85. The van der Waals surface area contributed by atoms with Gasteiger partial charge in [-0.3, -0.25) is 4.79 Å². The number of ether oxygens (including phenoxy) is 1. The maximum Gasteiger partial charge on any atom is 0.257 e. The van der Waals surface area contributed by atoms with Crippen LogP contribution in [0.15, 0.2) is 34.9 Å². The predicted octanol–water partition coefficient (Wildman–Crippen LogP) is 2.13. The lowest BCUT2D eigenvalue weighted by atomic mass is 10.0. The summed E-state index contributed by atoms with van der Waals surface area (Å²) in [7, 11) is 0. The zero-order chi connectivity index (χ0) is 14.7. The number of hydrogen-bond donors (Lipinski definition) is 2. The average molecular weight is 322 g/mol. The second-order valence-electron chi connectivity index (χ2n) is 5.33. The Morgan fingerprint density at radius 2 is 2.27 bits per heavy atom. The molecule has 1 amide bonds. The fourth-order valence-electron chi connectivity index (χ4n) is 2.56. The number of para-hydroxylation sites is 1. The van der Waals surface area contributed by atoms with E-state index >= 15 is 0 Å². The van der Waals surface area contributed by atoms with Crippen molar-refractivity contribution in [2.45, 2.75) is 31.9 Å². The van der Waals surface area contributed by atoms with E-state index in [2.05, 4.69) is 15.8 Å². The molecule has 2 unspecified atom stereocenters. The maximum absolute atomic E-state index is 11.8. The van der Waals surface area contributed by atoms with E-state index in [-0.39, 0.29) is 30.5 Å². The van der Waals surface area contributed by atoms with E-state index in [1.54, 1.807) is 6.21 Å². The summed E-state index contributed by atoms with van der Waals surface area (Å²) in [5.41, 5.74) is 4.55. The Balaban J connectivity index is 0.00000176. The molecule has 22 heavy (non-hydrogen) atoms. The normalized spacial score (nSPS) is 23.2. The summed E-state index contributed by atoms with van der Waals surface area (Å²) in [6.45, 7) is 2.86. The Labute approximate surface area is 136 Å². The van der Waals surface area contributed by atoms with Gasteiger partial charge in [0.05, 0.1) is 12.3 Å². The Morgan fingerprint density at radius 1 is 1.45 bits per heavy atom. The lowest BCUT2D eigenvalue weighted by molar-refractivity contribution is -0.122. The van der Waals surface area contributed by atoms with Gasteiger partial charge in [0, 0.05) is 11.1 Å². The highest BCUT2D eigenvalue weighted by atomic mass is 35.5. The van der Waals surface area contributed by atoms with Crippen LogP contribution in [0.4, 0.5) is 0 Å². The number of benzene rings is 1. The van der Waals surface area contributed by atoms with Gasteiger partial charge in [0.1, 0.15) is 11.9 Å². The molecule has 0 spiro atoms. The molecule has 0 aromatic heterocycles. The fourth-order valence-corrected chi connectivity index (χ4v) is 2.56. The minimum Gasteiger partial charge on any atom is -0.485 e. The van der Waals surface area contributed by atoms with Crippen molar-refractivity contribution in [3.63, 3.8) is 0 Å². The number of nitrogens with zero attached hydrogens (tertiary/aromatic N) is 1. The number of amides is 1. The van der Waals surface area contributed by atoms with Gasteiger partial charge in [0.2, 0.25) is 0 Å². The van der Waals surface area contributed by atoms with Crippen LogP contribution in [0, 0.1) is 0 Å². The molecule has 5 nitrogen and oxygen atoms in total. The summed E-state index contributed by atoms with van der Waals surface area (Å²) in [5, 5.41) is 7.19. The molecule has 0 bridgehead atoms. The molecule has 118 valence electrons. The molecule has 2 atom stereocenters. The Bertz CT molecular complexity index is 595. The first-order valence-electron chi connectivity index (χ1n) is 7.27. The number of hydrazone groups is 1. The highest BCUT2D eigenvalue weighted by Gasteiger charge is 2.21. The van der Waals surface area contributed by atoms with Crippen LogP contribution in [-0.4, -0.2) is 30.8 Å². The van der Waals surface area contributed by atoms with Crippen molar-refractivity contribution in [2.75, 3.05) is 6.54 Å². The van der Waals surface area contributed by atoms with Gasteiger partial charge < -0.3 is 10.1 Å². The zero-order valence-electron chi connectivity index (χ0n) is 12.4. The van der Waals surface area contributed by atoms with Crippen molar-refractivity contribution >= 4 is 30.6 Å². The first-order chi connectivity index (χ1) is 10.2. The third-order valence-corrected chi connectivity index (χ3v) is 3.78. The summed E-state index contributed by atoms with van der Waals surface area (Å²) in [5.74, 6) is 0.801. The number of halogens is 1. The molecule has 3 rings (SSSR count). The summed E-state index contributed by atoms with van der Waals surface area (Å²) >= 11 is 0. The second kappa shape index (κ2) is 7.42. The largest absolute Gasteiger partial charge is 0.485 e. The predicted molar refractivity (Wildman–Crippen MR) is 89.4 cm³/mol. The summed E-state index contributed by atoms with van der Waals surface area (Å²) in [6, 6.07) is 7.75. The van der Waals surface area contributed by atoms with Crippen molar-refractivity contribution in [3.05, 3.63) is 35.4 Å². The lowest BCUT2D eigenvalue weighted by Crippen LogP contribution is -2.38. The Kier molecular flexibility index (Phi) is 5.57. The van der Waals surface area contributed by atoms with Crippen molar-refractivity contribution < 1.29 is 9.53 Å².